The molecule has 1 aromatic heterocycles. The molecular weight excluding hydrogens is 666 g/mol. The number of rotatable bonds is 10. The van der Waals surface area contributed by atoms with E-state index < -0.39 is 0 Å². The summed E-state index contributed by atoms with van der Waals surface area (Å²) in [5, 5.41) is 2.97. The summed E-state index contributed by atoms with van der Waals surface area (Å²) in [6, 6.07) is 14.6. The van der Waals surface area contributed by atoms with E-state index in [1.54, 1.807) is 0 Å². The van der Waals surface area contributed by atoms with Crippen LogP contribution in [0, 0.1) is 13.8 Å². The molecule has 170 valence electrons. The first-order chi connectivity index (χ1) is 15.5. The van der Waals surface area contributed by atoms with Crippen LogP contribution >= 0.6 is 63.7 Å². The van der Waals surface area contributed by atoms with Crippen LogP contribution in [0.15, 0.2) is 42.5 Å². The summed E-state index contributed by atoms with van der Waals surface area (Å²) in [6.45, 7) is 5.01. The molecule has 0 aliphatic rings. The van der Waals surface area contributed by atoms with Crippen molar-refractivity contribution < 1.29 is 9.47 Å². The predicted octanol–water partition coefficient (Wildman–Crippen LogP) is 8.44. The first-order valence-electron chi connectivity index (χ1n) is 10.2. The lowest BCUT2D eigenvalue weighted by Crippen LogP contribution is -2.07. The van der Waals surface area contributed by atoms with E-state index in [0.29, 0.717) is 13.2 Å². The van der Waals surface area contributed by atoms with Gasteiger partial charge in [-0.3, -0.25) is 4.98 Å². The maximum Gasteiger partial charge on any atom is 0.130 e. The van der Waals surface area contributed by atoms with Crippen LogP contribution < -0.4 is 9.47 Å². The maximum absolute atomic E-state index is 6.22. The number of aryl methyl sites for hydroxylation is 2. The summed E-state index contributed by atoms with van der Waals surface area (Å²) in [7, 11) is 0. The fraction of sp³-hybridized carbons (Fsp3) is 0.320. The molecule has 0 radical (unpaired) electrons. The zero-order valence-corrected chi connectivity index (χ0v) is 24.4. The molecule has 3 nitrogen and oxygen atoms in total. The van der Waals surface area contributed by atoms with E-state index in [-0.39, 0.29) is 0 Å². The SMILES string of the molecule is Cc1cc(CBr)c(OCc2cccc(COc3c(CBr)cc(C)cc3CBr)n2)c(CBr)c1. The fourth-order valence-electron chi connectivity index (χ4n) is 3.61. The van der Waals surface area contributed by atoms with Gasteiger partial charge in [-0.1, -0.05) is 105 Å². The van der Waals surface area contributed by atoms with Crippen LogP contribution in [-0.2, 0) is 34.5 Å². The number of alkyl halides is 4. The van der Waals surface area contributed by atoms with Gasteiger partial charge < -0.3 is 9.47 Å². The van der Waals surface area contributed by atoms with Crippen LogP contribution in [0.1, 0.15) is 44.8 Å². The van der Waals surface area contributed by atoms with E-state index in [0.717, 1.165) is 66.5 Å². The second-order valence-corrected chi connectivity index (χ2v) is 9.80. The maximum atomic E-state index is 6.22. The van der Waals surface area contributed by atoms with Crippen molar-refractivity contribution in [3.05, 3.63) is 87.2 Å². The van der Waals surface area contributed by atoms with Gasteiger partial charge in [-0.05, 0) is 26.0 Å². The molecule has 2 aromatic carbocycles. The standard InChI is InChI=1S/C25H25Br4NO2/c1-16-6-18(10-26)24(19(7-16)11-27)31-14-22-4-3-5-23(30-22)15-32-25-20(12-28)8-17(2)9-21(25)13-29/h3-9H,10-15H2,1-2H3. The third-order valence-electron chi connectivity index (χ3n) is 4.94. The van der Waals surface area contributed by atoms with Gasteiger partial charge in [0.25, 0.3) is 0 Å². The highest BCUT2D eigenvalue weighted by Gasteiger charge is 2.13. The summed E-state index contributed by atoms with van der Waals surface area (Å²) in [5.74, 6) is 1.83. The molecule has 3 rings (SSSR count). The van der Waals surface area contributed by atoms with Gasteiger partial charge in [0.1, 0.15) is 24.7 Å². The molecule has 0 spiro atoms. The molecule has 32 heavy (non-hydrogen) atoms. The van der Waals surface area contributed by atoms with Crippen LogP contribution in [-0.4, -0.2) is 4.98 Å². The van der Waals surface area contributed by atoms with Crippen LogP contribution in [0.2, 0.25) is 0 Å². The minimum atomic E-state index is 0.404. The van der Waals surface area contributed by atoms with Crippen molar-refractivity contribution in [2.75, 3.05) is 0 Å². The third-order valence-corrected chi connectivity index (χ3v) is 7.36. The van der Waals surface area contributed by atoms with Crippen LogP contribution in [0.5, 0.6) is 11.5 Å². The zero-order chi connectivity index (χ0) is 23.1. The highest BCUT2D eigenvalue weighted by atomic mass is 79.9. The van der Waals surface area contributed by atoms with Gasteiger partial charge >= 0.3 is 0 Å². The van der Waals surface area contributed by atoms with E-state index in [4.69, 9.17) is 14.5 Å². The van der Waals surface area contributed by atoms with E-state index in [1.807, 2.05) is 18.2 Å². The van der Waals surface area contributed by atoms with Crippen molar-refractivity contribution in [1.82, 2.24) is 4.98 Å². The molecule has 0 atom stereocenters. The first kappa shape index (κ1) is 25.7. The molecular formula is C25H25Br4NO2. The molecule has 3 aromatic rings. The Morgan fingerprint density at radius 1 is 0.625 bits per heavy atom. The van der Waals surface area contributed by atoms with Gasteiger partial charge in [-0.2, -0.15) is 0 Å². The molecule has 0 aliphatic carbocycles. The summed E-state index contributed by atoms with van der Waals surface area (Å²) in [5.41, 5.74) is 8.76. The van der Waals surface area contributed by atoms with Crippen molar-refractivity contribution in [2.24, 2.45) is 0 Å². The second-order valence-electron chi connectivity index (χ2n) is 7.56. The summed E-state index contributed by atoms with van der Waals surface area (Å²) >= 11 is 14.3. The Labute approximate surface area is 223 Å². The fourth-order valence-corrected chi connectivity index (χ4v) is 5.27. The van der Waals surface area contributed by atoms with E-state index in [2.05, 4.69) is 102 Å². The van der Waals surface area contributed by atoms with Crippen molar-refractivity contribution in [3.8, 4) is 11.5 Å². The smallest absolute Gasteiger partial charge is 0.130 e. The number of hydrogen-bond donors (Lipinski definition) is 0. The van der Waals surface area contributed by atoms with E-state index >= 15 is 0 Å². The Kier molecular flexibility index (Phi) is 10.1. The molecule has 0 saturated carbocycles. The molecule has 0 saturated heterocycles. The largest absolute Gasteiger partial charge is 0.487 e. The topological polar surface area (TPSA) is 31.4 Å². The lowest BCUT2D eigenvalue weighted by Gasteiger charge is -2.16. The lowest BCUT2D eigenvalue weighted by molar-refractivity contribution is 0.286. The van der Waals surface area contributed by atoms with Gasteiger partial charge in [-0.25, -0.2) is 0 Å². The number of halogens is 4. The minimum absolute atomic E-state index is 0.404. The average Bonchev–Trinajstić information content (AvgIpc) is 2.81. The number of ether oxygens (including phenoxy) is 2. The quantitative estimate of drug-likeness (QED) is 0.200. The Morgan fingerprint density at radius 2 is 0.969 bits per heavy atom. The molecule has 0 N–H and O–H groups in total. The highest BCUT2D eigenvalue weighted by molar-refractivity contribution is 9.09. The predicted molar refractivity (Wildman–Crippen MR) is 146 cm³/mol. The molecule has 0 unspecified atom stereocenters. The van der Waals surface area contributed by atoms with Gasteiger partial charge in [0.15, 0.2) is 0 Å². The Morgan fingerprint density at radius 3 is 1.28 bits per heavy atom. The minimum Gasteiger partial charge on any atom is -0.487 e. The van der Waals surface area contributed by atoms with Crippen LogP contribution in [0.3, 0.4) is 0 Å². The molecule has 1 heterocycles. The third kappa shape index (κ3) is 6.58. The van der Waals surface area contributed by atoms with Gasteiger partial charge in [0.05, 0.1) is 11.4 Å². The summed E-state index contributed by atoms with van der Waals surface area (Å²) in [6.07, 6.45) is 0. The van der Waals surface area contributed by atoms with E-state index in [1.165, 1.54) is 11.1 Å². The van der Waals surface area contributed by atoms with Gasteiger partial charge in [0, 0.05) is 43.6 Å². The highest BCUT2D eigenvalue weighted by Crippen LogP contribution is 2.31. The van der Waals surface area contributed by atoms with Crippen molar-refractivity contribution in [1.29, 1.82) is 0 Å². The molecule has 0 aliphatic heterocycles. The van der Waals surface area contributed by atoms with Gasteiger partial charge in [0.2, 0.25) is 0 Å². The average molecular weight is 691 g/mol. The number of hydrogen-bond acceptors (Lipinski definition) is 3. The van der Waals surface area contributed by atoms with Crippen LogP contribution in [0.4, 0.5) is 0 Å². The van der Waals surface area contributed by atoms with Crippen molar-refractivity contribution >= 4 is 63.7 Å². The number of benzene rings is 2. The number of nitrogens with zero attached hydrogens (tertiary/aromatic N) is 1. The molecule has 0 fully saturated rings. The normalized spacial score (nSPS) is 10.9. The van der Waals surface area contributed by atoms with Gasteiger partial charge in [-0.15, -0.1) is 0 Å². The molecule has 0 amide bonds. The Bertz CT molecular complexity index is 941. The summed E-state index contributed by atoms with van der Waals surface area (Å²) in [4.78, 5) is 4.76. The number of aromatic nitrogens is 1. The molecule has 0 bridgehead atoms. The monoisotopic (exact) mass is 687 g/mol. The lowest BCUT2D eigenvalue weighted by atomic mass is 10.1. The first-order valence-corrected chi connectivity index (χ1v) is 14.7. The van der Waals surface area contributed by atoms with Crippen molar-refractivity contribution in [2.45, 2.75) is 48.4 Å². The Hall–Kier alpha value is -0.890. The Balaban J connectivity index is 1.74. The molecule has 7 heteroatoms. The summed E-state index contributed by atoms with van der Waals surface area (Å²) < 4.78 is 12.4. The number of pyridine rings is 1. The van der Waals surface area contributed by atoms with Crippen molar-refractivity contribution in [3.63, 3.8) is 0 Å². The zero-order valence-electron chi connectivity index (χ0n) is 18.1. The van der Waals surface area contributed by atoms with E-state index in [9.17, 15) is 0 Å². The second kappa shape index (κ2) is 12.5. The van der Waals surface area contributed by atoms with Crippen LogP contribution in [0.25, 0.3) is 0 Å².